The van der Waals surface area contributed by atoms with Gasteiger partial charge in [0.05, 0.1) is 0 Å². The number of hydrogen-bond donors (Lipinski definition) is 0. The maximum Gasteiger partial charge on any atom is 0.205 e. The second-order valence-electron chi connectivity index (χ2n) is 6.21. The molecule has 0 fully saturated rings. The van der Waals surface area contributed by atoms with Crippen LogP contribution < -0.4 is 0 Å². The minimum atomic E-state index is -0.369. The molecule has 0 aliphatic carbocycles. The van der Waals surface area contributed by atoms with Gasteiger partial charge < -0.3 is 0 Å². The smallest absolute Gasteiger partial charge is 0.205 e. The molecule has 1 heterocycles. The number of hydrogen-bond acceptors (Lipinski definition) is 4. The minimum absolute atomic E-state index is 0.00744. The predicted molar refractivity (Wildman–Crippen MR) is 92.9 cm³/mol. The van der Waals surface area contributed by atoms with E-state index in [4.69, 9.17) is 0 Å². The molecule has 5 nitrogen and oxygen atoms in total. The molecule has 0 saturated heterocycles. The molecule has 0 aliphatic rings. The van der Waals surface area contributed by atoms with Crippen molar-refractivity contribution in [2.24, 2.45) is 0 Å². The highest BCUT2D eigenvalue weighted by Crippen LogP contribution is 2.22. The van der Waals surface area contributed by atoms with Crippen molar-refractivity contribution in [2.45, 2.75) is 34.2 Å². The van der Waals surface area contributed by atoms with Gasteiger partial charge in [-0.1, -0.05) is 18.2 Å². The van der Waals surface area contributed by atoms with Crippen LogP contribution in [0.5, 0.6) is 0 Å². The van der Waals surface area contributed by atoms with E-state index >= 15 is 0 Å². The molecule has 0 radical (unpaired) electrons. The van der Waals surface area contributed by atoms with E-state index in [1.54, 1.807) is 12.1 Å². The lowest BCUT2D eigenvalue weighted by Gasteiger charge is -2.13. The fraction of sp³-hybridized carbons (Fsp3) is 0.263. The Morgan fingerprint density at radius 3 is 2.56 bits per heavy atom. The van der Waals surface area contributed by atoms with E-state index < -0.39 is 0 Å². The van der Waals surface area contributed by atoms with Gasteiger partial charge in [-0.2, -0.15) is 4.80 Å². The maximum atomic E-state index is 13.3. The third-order valence-corrected chi connectivity index (χ3v) is 4.46. The minimum Gasteiger partial charge on any atom is -0.292 e. The van der Waals surface area contributed by atoms with Gasteiger partial charge in [0.1, 0.15) is 12.4 Å². The number of carbonyl (C=O) groups excluding carboxylic acids is 1. The number of aryl methyl sites for hydroxylation is 2. The van der Waals surface area contributed by atoms with Crippen molar-refractivity contribution >= 4 is 5.78 Å². The molecule has 0 atom stereocenters. The molecular weight excluding hydrogens is 319 g/mol. The van der Waals surface area contributed by atoms with Crippen LogP contribution in [0.3, 0.4) is 0 Å². The third-order valence-electron chi connectivity index (χ3n) is 4.46. The van der Waals surface area contributed by atoms with Crippen LogP contribution in [-0.2, 0) is 6.54 Å². The van der Waals surface area contributed by atoms with E-state index in [-0.39, 0.29) is 18.1 Å². The van der Waals surface area contributed by atoms with Crippen molar-refractivity contribution in [1.82, 2.24) is 20.2 Å². The number of aromatic nitrogens is 4. The van der Waals surface area contributed by atoms with Gasteiger partial charge in [-0.05, 0) is 67.3 Å². The first-order chi connectivity index (χ1) is 11.9. The number of halogens is 1. The Morgan fingerprint density at radius 2 is 1.84 bits per heavy atom. The van der Waals surface area contributed by atoms with Gasteiger partial charge in [0.2, 0.25) is 5.82 Å². The van der Waals surface area contributed by atoms with Gasteiger partial charge in [0.15, 0.2) is 5.78 Å². The average molecular weight is 338 g/mol. The van der Waals surface area contributed by atoms with Crippen molar-refractivity contribution in [2.75, 3.05) is 0 Å². The Bertz CT molecular complexity index is 962. The van der Waals surface area contributed by atoms with Crippen LogP contribution in [0.25, 0.3) is 11.4 Å². The summed E-state index contributed by atoms with van der Waals surface area (Å²) >= 11 is 0. The molecular formula is C19H19FN4O. The number of Topliss-reactive ketones (excluding diaryl/α,β-unsaturated/α-hetero) is 1. The van der Waals surface area contributed by atoms with Gasteiger partial charge >= 0.3 is 0 Å². The van der Waals surface area contributed by atoms with Crippen molar-refractivity contribution in [1.29, 1.82) is 0 Å². The van der Waals surface area contributed by atoms with Crippen LogP contribution in [0.4, 0.5) is 4.39 Å². The van der Waals surface area contributed by atoms with Crippen LogP contribution in [0.15, 0.2) is 30.3 Å². The summed E-state index contributed by atoms with van der Waals surface area (Å²) in [6.45, 7) is 7.92. The van der Waals surface area contributed by atoms with Gasteiger partial charge in [0.25, 0.3) is 0 Å². The second-order valence-corrected chi connectivity index (χ2v) is 6.21. The first-order valence-electron chi connectivity index (χ1n) is 8.01. The van der Waals surface area contributed by atoms with Crippen LogP contribution in [0, 0.1) is 33.5 Å². The Morgan fingerprint density at radius 1 is 1.08 bits per heavy atom. The first-order valence-corrected chi connectivity index (χ1v) is 8.01. The Labute approximate surface area is 145 Å². The number of rotatable bonds is 4. The lowest BCUT2D eigenvalue weighted by Crippen LogP contribution is -2.16. The molecule has 6 heteroatoms. The van der Waals surface area contributed by atoms with E-state index in [2.05, 4.69) is 15.4 Å². The lowest BCUT2D eigenvalue weighted by molar-refractivity contribution is 0.0960. The summed E-state index contributed by atoms with van der Waals surface area (Å²) in [5.41, 5.74) is 5.42. The number of tetrazole rings is 1. The molecule has 0 bridgehead atoms. The SMILES string of the molecule is Cc1cc(C)c(C(=O)Cn2nnc(-c3cccc(F)c3)n2)c(C)c1C. The quantitative estimate of drug-likeness (QED) is 0.682. The number of nitrogens with zero attached hydrogens (tertiary/aromatic N) is 4. The Balaban J connectivity index is 1.87. The zero-order valence-electron chi connectivity index (χ0n) is 14.7. The molecule has 0 aliphatic heterocycles. The van der Waals surface area contributed by atoms with Crippen molar-refractivity contribution in [3.8, 4) is 11.4 Å². The van der Waals surface area contributed by atoms with Gasteiger partial charge in [-0.25, -0.2) is 4.39 Å². The summed E-state index contributed by atoms with van der Waals surface area (Å²) in [4.78, 5) is 14.0. The Kier molecular flexibility index (Phi) is 4.44. The van der Waals surface area contributed by atoms with E-state index in [0.29, 0.717) is 17.0 Å². The molecule has 0 saturated carbocycles. The molecule has 128 valence electrons. The number of carbonyl (C=O) groups is 1. The lowest BCUT2D eigenvalue weighted by atomic mass is 9.92. The molecule has 3 aromatic rings. The largest absolute Gasteiger partial charge is 0.292 e. The molecule has 0 N–H and O–H groups in total. The molecule has 2 aromatic carbocycles. The summed E-state index contributed by atoms with van der Waals surface area (Å²) in [6, 6.07) is 7.98. The average Bonchev–Trinajstić information content (AvgIpc) is 3.01. The van der Waals surface area contributed by atoms with Crippen LogP contribution in [0.1, 0.15) is 32.6 Å². The van der Waals surface area contributed by atoms with E-state index in [9.17, 15) is 9.18 Å². The van der Waals surface area contributed by atoms with Gasteiger partial charge in [0, 0.05) is 11.1 Å². The van der Waals surface area contributed by atoms with E-state index in [1.807, 2.05) is 33.8 Å². The monoisotopic (exact) mass is 338 g/mol. The topological polar surface area (TPSA) is 60.7 Å². The first kappa shape index (κ1) is 17.0. The molecule has 1 aromatic heterocycles. The standard InChI is InChI=1S/C19H19FN4O/c1-11-8-12(2)18(14(4)13(11)3)17(25)10-24-22-19(21-23-24)15-6-5-7-16(20)9-15/h5-9H,10H2,1-4H3. The third kappa shape index (κ3) is 3.33. The molecule has 0 spiro atoms. The molecule has 0 unspecified atom stereocenters. The van der Waals surface area contributed by atoms with E-state index in [0.717, 1.165) is 16.7 Å². The second kappa shape index (κ2) is 6.55. The normalized spacial score (nSPS) is 10.9. The highest BCUT2D eigenvalue weighted by atomic mass is 19.1. The zero-order valence-corrected chi connectivity index (χ0v) is 14.7. The highest BCUT2D eigenvalue weighted by molar-refractivity contribution is 5.99. The molecule has 3 rings (SSSR count). The van der Waals surface area contributed by atoms with E-state index in [1.165, 1.54) is 22.5 Å². The fourth-order valence-electron chi connectivity index (χ4n) is 2.97. The number of ketones is 1. The van der Waals surface area contributed by atoms with Crippen molar-refractivity contribution in [3.63, 3.8) is 0 Å². The summed E-state index contributed by atoms with van der Waals surface area (Å²) < 4.78 is 13.3. The van der Waals surface area contributed by atoms with Crippen molar-refractivity contribution in [3.05, 3.63) is 64.0 Å². The van der Waals surface area contributed by atoms with Gasteiger partial charge in [-0.15, -0.1) is 10.2 Å². The summed E-state index contributed by atoms with van der Waals surface area (Å²) in [7, 11) is 0. The summed E-state index contributed by atoms with van der Waals surface area (Å²) in [6.07, 6.45) is 0. The zero-order chi connectivity index (χ0) is 18.1. The Hall–Kier alpha value is -2.89. The summed E-state index contributed by atoms with van der Waals surface area (Å²) in [5.74, 6) is -0.145. The van der Waals surface area contributed by atoms with Crippen molar-refractivity contribution < 1.29 is 9.18 Å². The van der Waals surface area contributed by atoms with Crippen LogP contribution >= 0.6 is 0 Å². The predicted octanol–water partition coefficient (Wildman–Crippen LogP) is 3.60. The highest BCUT2D eigenvalue weighted by Gasteiger charge is 2.17. The molecule has 25 heavy (non-hydrogen) atoms. The summed E-state index contributed by atoms with van der Waals surface area (Å²) in [5, 5.41) is 12.0. The van der Waals surface area contributed by atoms with Gasteiger partial charge in [-0.3, -0.25) is 4.79 Å². The van der Waals surface area contributed by atoms with Crippen LogP contribution in [0.2, 0.25) is 0 Å². The van der Waals surface area contributed by atoms with Crippen LogP contribution in [-0.4, -0.2) is 26.0 Å². The fourth-order valence-corrected chi connectivity index (χ4v) is 2.97. The number of benzene rings is 2. The molecule has 0 amide bonds. The maximum absolute atomic E-state index is 13.3.